The zero-order valence-electron chi connectivity index (χ0n) is 8.64. The van der Waals surface area contributed by atoms with Crippen LogP contribution < -0.4 is 0 Å². The quantitative estimate of drug-likeness (QED) is 0.770. The molecule has 0 aliphatic heterocycles. The number of sulfone groups is 1. The standard InChI is InChI=1S/C10H14O4S/c1-7(2)15(13,14)6-8-3-4-9(11)10(12)5-8/h3-5,7,11-12H,6H2,1-2H3. The lowest BCUT2D eigenvalue weighted by molar-refractivity contribution is 0.403. The van der Waals surface area contributed by atoms with Crippen LogP contribution >= 0.6 is 0 Å². The van der Waals surface area contributed by atoms with Gasteiger partial charge in [-0.25, -0.2) is 8.42 Å². The maximum atomic E-state index is 11.6. The second kappa shape index (κ2) is 4.10. The van der Waals surface area contributed by atoms with Crippen LogP contribution in [0.1, 0.15) is 19.4 Å². The van der Waals surface area contributed by atoms with Crippen molar-refractivity contribution in [3.63, 3.8) is 0 Å². The molecule has 0 heterocycles. The van der Waals surface area contributed by atoms with E-state index in [0.717, 1.165) is 0 Å². The van der Waals surface area contributed by atoms with Crippen molar-refractivity contribution in [2.24, 2.45) is 0 Å². The van der Waals surface area contributed by atoms with Gasteiger partial charge in [-0.15, -0.1) is 0 Å². The van der Waals surface area contributed by atoms with Crippen LogP contribution in [0.15, 0.2) is 18.2 Å². The summed E-state index contributed by atoms with van der Waals surface area (Å²) >= 11 is 0. The Morgan fingerprint density at radius 2 is 1.80 bits per heavy atom. The molecule has 4 nitrogen and oxygen atoms in total. The number of phenols is 2. The molecular formula is C10H14O4S. The Hall–Kier alpha value is -1.23. The highest BCUT2D eigenvalue weighted by molar-refractivity contribution is 7.91. The molecule has 0 fully saturated rings. The first kappa shape index (κ1) is 11.8. The van der Waals surface area contributed by atoms with E-state index in [0.29, 0.717) is 5.56 Å². The van der Waals surface area contributed by atoms with Gasteiger partial charge in [-0.2, -0.15) is 0 Å². The molecule has 0 unspecified atom stereocenters. The molecule has 0 saturated heterocycles. The SMILES string of the molecule is CC(C)S(=O)(=O)Cc1ccc(O)c(O)c1. The molecule has 84 valence electrons. The molecule has 0 aromatic heterocycles. The third-order valence-corrected chi connectivity index (χ3v) is 4.30. The third kappa shape index (κ3) is 2.86. The first-order valence-electron chi connectivity index (χ1n) is 4.55. The van der Waals surface area contributed by atoms with Gasteiger partial charge in [0.1, 0.15) is 0 Å². The number of aromatic hydroxyl groups is 2. The van der Waals surface area contributed by atoms with Gasteiger partial charge in [-0.3, -0.25) is 0 Å². The van der Waals surface area contributed by atoms with Gasteiger partial charge >= 0.3 is 0 Å². The van der Waals surface area contributed by atoms with E-state index in [1.54, 1.807) is 13.8 Å². The summed E-state index contributed by atoms with van der Waals surface area (Å²) in [5.74, 6) is -0.675. The van der Waals surface area contributed by atoms with Crippen LogP contribution in [0, 0.1) is 0 Å². The van der Waals surface area contributed by atoms with Crippen LogP contribution in [0.4, 0.5) is 0 Å². The molecule has 0 aliphatic carbocycles. The van der Waals surface area contributed by atoms with E-state index in [4.69, 9.17) is 5.11 Å². The molecular weight excluding hydrogens is 216 g/mol. The van der Waals surface area contributed by atoms with Crippen LogP contribution in [-0.4, -0.2) is 23.9 Å². The highest BCUT2D eigenvalue weighted by Gasteiger charge is 2.17. The van der Waals surface area contributed by atoms with E-state index in [1.165, 1.54) is 18.2 Å². The smallest absolute Gasteiger partial charge is 0.157 e. The molecule has 0 bridgehead atoms. The third-order valence-electron chi connectivity index (χ3n) is 2.13. The molecule has 15 heavy (non-hydrogen) atoms. The monoisotopic (exact) mass is 230 g/mol. The molecule has 0 spiro atoms. The van der Waals surface area contributed by atoms with E-state index < -0.39 is 15.1 Å². The van der Waals surface area contributed by atoms with E-state index in [1.807, 2.05) is 0 Å². The van der Waals surface area contributed by atoms with Gasteiger partial charge < -0.3 is 10.2 Å². The van der Waals surface area contributed by atoms with Crippen molar-refractivity contribution in [1.82, 2.24) is 0 Å². The summed E-state index contributed by atoms with van der Waals surface area (Å²) in [5.41, 5.74) is 0.471. The van der Waals surface area contributed by atoms with Crippen molar-refractivity contribution < 1.29 is 18.6 Å². The van der Waals surface area contributed by atoms with Crippen molar-refractivity contribution >= 4 is 9.84 Å². The zero-order valence-corrected chi connectivity index (χ0v) is 9.45. The summed E-state index contributed by atoms with van der Waals surface area (Å²) in [7, 11) is -3.17. The molecule has 0 amide bonds. The van der Waals surface area contributed by atoms with Crippen LogP contribution in [0.5, 0.6) is 11.5 Å². The highest BCUT2D eigenvalue weighted by atomic mass is 32.2. The van der Waals surface area contributed by atoms with Crippen LogP contribution in [0.2, 0.25) is 0 Å². The normalized spacial score (nSPS) is 11.9. The average molecular weight is 230 g/mol. The summed E-state index contributed by atoms with van der Waals surface area (Å²) in [6.45, 7) is 3.21. The van der Waals surface area contributed by atoms with E-state index >= 15 is 0 Å². The summed E-state index contributed by atoms with van der Waals surface area (Å²) in [6.07, 6.45) is 0. The number of hydrogen-bond donors (Lipinski definition) is 2. The Morgan fingerprint density at radius 3 is 2.27 bits per heavy atom. The van der Waals surface area contributed by atoms with Crippen LogP contribution in [0.3, 0.4) is 0 Å². The van der Waals surface area contributed by atoms with Crippen LogP contribution in [0.25, 0.3) is 0 Å². The van der Waals surface area contributed by atoms with Gasteiger partial charge in [-0.05, 0) is 31.5 Å². The van der Waals surface area contributed by atoms with Gasteiger partial charge in [-0.1, -0.05) is 6.07 Å². The predicted molar refractivity (Wildman–Crippen MR) is 57.5 cm³/mol. The summed E-state index contributed by atoms with van der Waals surface area (Å²) in [6, 6.07) is 4.02. The molecule has 5 heteroatoms. The van der Waals surface area contributed by atoms with E-state index in [-0.39, 0.29) is 17.3 Å². The summed E-state index contributed by atoms with van der Waals surface area (Å²) in [4.78, 5) is 0. The highest BCUT2D eigenvalue weighted by Crippen LogP contribution is 2.26. The summed E-state index contributed by atoms with van der Waals surface area (Å²) in [5, 5.41) is 17.8. The van der Waals surface area contributed by atoms with Crippen molar-refractivity contribution in [2.75, 3.05) is 0 Å². The largest absolute Gasteiger partial charge is 0.504 e. The predicted octanol–water partition coefficient (Wildman–Crippen LogP) is 1.42. The van der Waals surface area contributed by atoms with Crippen molar-refractivity contribution in [1.29, 1.82) is 0 Å². The Kier molecular flexibility index (Phi) is 3.24. The minimum atomic E-state index is -3.17. The minimum Gasteiger partial charge on any atom is -0.504 e. The number of benzene rings is 1. The van der Waals surface area contributed by atoms with Gasteiger partial charge in [0.15, 0.2) is 21.3 Å². The van der Waals surface area contributed by atoms with Crippen molar-refractivity contribution in [3.05, 3.63) is 23.8 Å². The lowest BCUT2D eigenvalue weighted by Crippen LogP contribution is -2.15. The van der Waals surface area contributed by atoms with Crippen LogP contribution in [-0.2, 0) is 15.6 Å². The lowest BCUT2D eigenvalue weighted by atomic mass is 10.2. The first-order valence-corrected chi connectivity index (χ1v) is 6.27. The molecule has 0 aliphatic rings. The Morgan fingerprint density at radius 1 is 1.20 bits per heavy atom. The minimum absolute atomic E-state index is 0.126. The molecule has 1 aromatic carbocycles. The van der Waals surface area contributed by atoms with E-state index in [9.17, 15) is 13.5 Å². The number of phenolic OH excluding ortho intramolecular Hbond substituents is 2. The zero-order chi connectivity index (χ0) is 11.6. The molecule has 1 rings (SSSR count). The molecule has 0 saturated carbocycles. The summed E-state index contributed by atoms with van der Waals surface area (Å²) < 4.78 is 23.1. The molecule has 1 aromatic rings. The second-order valence-electron chi connectivity index (χ2n) is 3.68. The van der Waals surface area contributed by atoms with Gasteiger partial charge in [0, 0.05) is 0 Å². The van der Waals surface area contributed by atoms with E-state index in [2.05, 4.69) is 0 Å². The Bertz CT molecular complexity index is 448. The average Bonchev–Trinajstić information content (AvgIpc) is 2.10. The Balaban J connectivity index is 2.96. The number of rotatable bonds is 3. The fourth-order valence-electron chi connectivity index (χ4n) is 1.06. The Labute approximate surface area is 89.1 Å². The topological polar surface area (TPSA) is 74.6 Å². The molecule has 0 atom stereocenters. The van der Waals surface area contributed by atoms with Gasteiger partial charge in [0.05, 0.1) is 11.0 Å². The van der Waals surface area contributed by atoms with Crippen molar-refractivity contribution in [3.8, 4) is 11.5 Å². The molecule has 2 N–H and O–H groups in total. The maximum absolute atomic E-state index is 11.6. The maximum Gasteiger partial charge on any atom is 0.157 e. The van der Waals surface area contributed by atoms with Gasteiger partial charge in [0.2, 0.25) is 0 Å². The second-order valence-corrected chi connectivity index (χ2v) is 6.24. The number of hydrogen-bond acceptors (Lipinski definition) is 4. The van der Waals surface area contributed by atoms with Gasteiger partial charge in [0.25, 0.3) is 0 Å². The lowest BCUT2D eigenvalue weighted by Gasteiger charge is -2.08. The first-order chi connectivity index (χ1) is 6.83. The fraction of sp³-hybridized carbons (Fsp3) is 0.400. The fourth-order valence-corrected chi connectivity index (χ4v) is 2.04. The van der Waals surface area contributed by atoms with Crippen molar-refractivity contribution in [2.45, 2.75) is 24.9 Å². The molecule has 0 radical (unpaired) electrons.